The summed E-state index contributed by atoms with van der Waals surface area (Å²) in [4.78, 5) is 23.7. The van der Waals surface area contributed by atoms with Gasteiger partial charge in [0.1, 0.15) is 5.75 Å². The van der Waals surface area contributed by atoms with Crippen molar-refractivity contribution in [1.29, 1.82) is 0 Å². The Morgan fingerprint density at radius 1 is 1.36 bits per heavy atom. The Balaban J connectivity index is 2.07. The molecule has 5 nitrogen and oxygen atoms in total. The van der Waals surface area contributed by atoms with Crippen LogP contribution in [-0.4, -0.2) is 30.6 Å². The molecule has 2 rings (SSSR count). The molecule has 1 saturated carbocycles. The number of amides is 1. The van der Waals surface area contributed by atoms with Crippen molar-refractivity contribution in [2.45, 2.75) is 38.0 Å². The Bertz CT molecular complexity index is 551. The standard InChI is InChI=1S/C17H23NO4/c1-3-6-12(15(19)20)11-18-16(21)17(9-10-17)13-7-4-5-8-14(13)22-2/h4-5,7-8,12H,3,6,9-11H2,1-2H3,(H,18,21)(H,19,20). The number of aliphatic carboxylic acids is 1. The van der Waals surface area contributed by atoms with Crippen LogP contribution in [0.3, 0.4) is 0 Å². The van der Waals surface area contributed by atoms with Crippen LogP contribution in [0.25, 0.3) is 0 Å². The fourth-order valence-corrected chi connectivity index (χ4v) is 2.83. The third-order valence-electron chi connectivity index (χ3n) is 4.30. The first-order chi connectivity index (χ1) is 10.5. The number of methoxy groups -OCH3 is 1. The number of hydrogen-bond acceptors (Lipinski definition) is 3. The Morgan fingerprint density at radius 2 is 2.05 bits per heavy atom. The van der Waals surface area contributed by atoms with Gasteiger partial charge >= 0.3 is 5.97 Å². The molecule has 1 unspecified atom stereocenters. The van der Waals surface area contributed by atoms with Gasteiger partial charge in [0.15, 0.2) is 0 Å². The zero-order chi connectivity index (χ0) is 16.2. The SMILES string of the molecule is CCCC(CNC(=O)C1(c2ccccc2OC)CC1)C(=O)O. The van der Waals surface area contributed by atoms with Crippen molar-refractivity contribution < 1.29 is 19.4 Å². The topological polar surface area (TPSA) is 75.6 Å². The van der Waals surface area contributed by atoms with Gasteiger partial charge in [-0.05, 0) is 25.3 Å². The lowest BCUT2D eigenvalue weighted by Crippen LogP contribution is -2.39. The molecule has 0 bridgehead atoms. The summed E-state index contributed by atoms with van der Waals surface area (Å²) in [5.41, 5.74) is 0.333. The van der Waals surface area contributed by atoms with Gasteiger partial charge in [-0.3, -0.25) is 9.59 Å². The molecule has 0 aromatic heterocycles. The first kappa shape index (κ1) is 16.3. The van der Waals surface area contributed by atoms with Gasteiger partial charge in [0.25, 0.3) is 0 Å². The molecular formula is C17H23NO4. The fraction of sp³-hybridized carbons (Fsp3) is 0.529. The minimum Gasteiger partial charge on any atom is -0.496 e. The number of para-hydroxylation sites is 1. The van der Waals surface area contributed by atoms with Crippen LogP contribution in [-0.2, 0) is 15.0 Å². The average Bonchev–Trinajstić information content (AvgIpc) is 3.32. The van der Waals surface area contributed by atoms with Gasteiger partial charge in [0.05, 0.1) is 18.4 Å². The maximum Gasteiger partial charge on any atom is 0.308 e. The lowest BCUT2D eigenvalue weighted by Gasteiger charge is -2.20. The van der Waals surface area contributed by atoms with Crippen molar-refractivity contribution in [3.8, 4) is 5.75 Å². The molecular weight excluding hydrogens is 282 g/mol. The van der Waals surface area contributed by atoms with Crippen LogP contribution in [0.1, 0.15) is 38.2 Å². The molecule has 5 heteroatoms. The summed E-state index contributed by atoms with van der Waals surface area (Å²) >= 11 is 0. The molecule has 1 aromatic rings. The van der Waals surface area contributed by atoms with Gasteiger partial charge in [-0.25, -0.2) is 0 Å². The molecule has 0 saturated heterocycles. The summed E-state index contributed by atoms with van der Waals surface area (Å²) in [6.07, 6.45) is 2.89. The molecule has 120 valence electrons. The largest absolute Gasteiger partial charge is 0.496 e. The van der Waals surface area contributed by atoms with Gasteiger partial charge < -0.3 is 15.2 Å². The van der Waals surface area contributed by atoms with E-state index in [9.17, 15) is 9.59 Å². The predicted octanol–water partition coefficient (Wildman–Crippen LogP) is 2.34. The van der Waals surface area contributed by atoms with Gasteiger partial charge in [0.2, 0.25) is 5.91 Å². The predicted molar refractivity (Wildman–Crippen MR) is 82.9 cm³/mol. The number of carbonyl (C=O) groups is 2. The number of carboxylic acid groups (broad SMARTS) is 1. The summed E-state index contributed by atoms with van der Waals surface area (Å²) in [5, 5.41) is 12.0. The molecule has 0 spiro atoms. The van der Waals surface area contributed by atoms with Gasteiger partial charge in [-0.15, -0.1) is 0 Å². The van der Waals surface area contributed by atoms with Crippen LogP contribution in [0.4, 0.5) is 0 Å². The van der Waals surface area contributed by atoms with Crippen molar-refractivity contribution >= 4 is 11.9 Å². The van der Waals surface area contributed by atoms with Crippen molar-refractivity contribution in [2.24, 2.45) is 5.92 Å². The molecule has 2 N–H and O–H groups in total. The molecule has 1 fully saturated rings. The van der Waals surface area contributed by atoms with E-state index >= 15 is 0 Å². The zero-order valence-corrected chi connectivity index (χ0v) is 13.1. The highest BCUT2D eigenvalue weighted by molar-refractivity contribution is 5.92. The Hall–Kier alpha value is -2.04. The van der Waals surface area contributed by atoms with Gasteiger partial charge in [-0.2, -0.15) is 0 Å². The highest BCUT2D eigenvalue weighted by Crippen LogP contribution is 2.51. The van der Waals surface area contributed by atoms with Gasteiger partial charge in [0, 0.05) is 12.1 Å². The molecule has 1 aliphatic carbocycles. The highest BCUT2D eigenvalue weighted by Gasteiger charge is 2.52. The Labute approximate surface area is 130 Å². The third kappa shape index (κ3) is 3.24. The summed E-state index contributed by atoms with van der Waals surface area (Å²) < 4.78 is 5.35. The van der Waals surface area contributed by atoms with E-state index < -0.39 is 17.3 Å². The average molecular weight is 305 g/mol. The van der Waals surface area contributed by atoms with Crippen LogP contribution in [0.5, 0.6) is 5.75 Å². The molecule has 1 aromatic carbocycles. The number of rotatable bonds is 8. The van der Waals surface area contributed by atoms with Crippen LogP contribution >= 0.6 is 0 Å². The number of carboxylic acids is 1. The van der Waals surface area contributed by atoms with E-state index in [0.29, 0.717) is 12.2 Å². The van der Waals surface area contributed by atoms with Crippen LogP contribution < -0.4 is 10.1 Å². The molecule has 1 aliphatic rings. The van der Waals surface area contributed by atoms with Crippen LogP contribution in [0.2, 0.25) is 0 Å². The fourth-order valence-electron chi connectivity index (χ4n) is 2.83. The maximum absolute atomic E-state index is 12.6. The van der Waals surface area contributed by atoms with E-state index in [-0.39, 0.29) is 12.5 Å². The number of nitrogens with one attached hydrogen (secondary N) is 1. The van der Waals surface area contributed by atoms with E-state index in [0.717, 1.165) is 24.8 Å². The number of carbonyl (C=O) groups excluding carboxylic acids is 1. The second-order valence-electron chi connectivity index (χ2n) is 5.82. The van der Waals surface area contributed by atoms with E-state index in [1.54, 1.807) is 7.11 Å². The quantitative estimate of drug-likeness (QED) is 0.773. The number of hydrogen-bond donors (Lipinski definition) is 2. The monoisotopic (exact) mass is 305 g/mol. The summed E-state index contributed by atoms with van der Waals surface area (Å²) in [5.74, 6) is -0.774. The second-order valence-corrected chi connectivity index (χ2v) is 5.82. The number of benzene rings is 1. The van der Waals surface area contributed by atoms with E-state index in [1.807, 2.05) is 31.2 Å². The summed E-state index contributed by atoms with van der Waals surface area (Å²) in [6.45, 7) is 2.12. The minimum atomic E-state index is -0.857. The van der Waals surface area contributed by atoms with Crippen molar-refractivity contribution in [3.05, 3.63) is 29.8 Å². The van der Waals surface area contributed by atoms with E-state index in [2.05, 4.69) is 5.32 Å². The normalized spacial score (nSPS) is 16.6. The zero-order valence-electron chi connectivity index (χ0n) is 13.1. The summed E-state index contributed by atoms with van der Waals surface area (Å²) in [6, 6.07) is 7.52. The third-order valence-corrected chi connectivity index (χ3v) is 4.30. The van der Waals surface area contributed by atoms with Crippen LogP contribution in [0.15, 0.2) is 24.3 Å². The molecule has 0 aliphatic heterocycles. The molecule has 0 heterocycles. The van der Waals surface area contributed by atoms with E-state index in [1.165, 1.54) is 0 Å². The van der Waals surface area contributed by atoms with Crippen molar-refractivity contribution in [3.63, 3.8) is 0 Å². The summed E-state index contributed by atoms with van der Waals surface area (Å²) in [7, 11) is 1.59. The molecule has 0 radical (unpaired) electrons. The lowest BCUT2D eigenvalue weighted by atomic mass is 9.93. The molecule has 22 heavy (non-hydrogen) atoms. The first-order valence-corrected chi connectivity index (χ1v) is 7.69. The van der Waals surface area contributed by atoms with Crippen molar-refractivity contribution in [2.75, 3.05) is 13.7 Å². The van der Waals surface area contributed by atoms with Crippen molar-refractivity contribution in [1.82, 2.24) is 5.32 Å². The Morgan fingerprint density at radius 3 is 2.59 bits per heavy atom. The van der Waals surface area contributed by atoms with Crippen LogP contribution in [0, 0.1) is 5.92 Å². The highest BCUT2D eigenvalue weighted by atomic mass is 16.5. The van der Waals surface area contributed by atoms with Gasteiger partial charge in [-0.1, -0.05) is 31.5 Å². The minimum absolute atomic E-state index is 0.0978. The maximum atomic E-state index is 12.6. The molecule has 1 amide bonds. The second kappa shape index (κ2) is 6.81. The van der Waals surface area contributed by atoms with E-state index in [4.69, 9.17) is 9.84 Å². The smallest absolute Gasteiger partial charge is 0.308 e. The Kier molecular flexibility index (Phi) is 5.06. The first-order valence-electron chi connectivity index (χ1n) is 7.69. The lowest BCUT2D eigenvalue weighted by molar-refractivity contribution is -0.142. The molecule has 1 atom stereocenters. The number of ether oxygens (including phenoxy) is 1.